The fourth-order valence-electron chi connectivity index (χ4n) is 4.29. The predicted molar refractivity (Wildman–Crippen MR) is 127 cm³/mol. The molecular formula is C25H29N5O3. The topological polar surface area (TPSA) is 124 Å². The van der Waals surface area contributed by atoms with E-state index in [2.05, 4.69) is 10.3 Å². The summed E-state index contributed by atoms with van der Waals surface area (Å²) in [5.41, 5.74) is 14.0. The molecule has 33 heavy (non-hydrogen) atoms. The Labute approximate surface area is 192 Å². The maximum Gasteiger partial charge on any atom is 0.243 e. The van der Waals surface area contributed by atoms with Crippen molar-refractivity contribution in [3.63, 3.8) is 0 Å². The van der Waals surface area contributed by atoms with E-state index in [1.807, 2.05) is 48.5 Å². The molecule has 1 aliphatic rings. The largest absolute Gasteiger partial charge is 0.497 e. The lowest BCUT2D eigenvalue weighted by atomic mass is 10.0. The van der Waals surface area contributed by atoms with Crippen molar-refractivity contribution in [1.82, 2.24) is 15.2 Å². The lowest BCUT2D eigenvalue weighted by Crippen LogP contribution is -2.51. The van der Waals surface area contributed by atoms with Gasteiger partial charge >= 0.3 is 0 Å². The zero-order chi connectivity index (χ0) is 23.4. The number of benzene rings is 2. The first-order valence-corrected chi connectivity index (χ1v) is 11.1. The van der Waals surface area contributed by atoms with Crippen molar-refractivity contribution >= 4 is 28.4 Å². The third-order valence-corrected chi connectivity index (χ3v) is 6.10. The first kappa shape index (κ1) is 22.5. The molecule has 0 saturated carbocycles. The summed E-state index contributed by atoms with van der Waals surface area (Å²) in [5, 5.41) is 4.82. The van der Waals surface area contributed by atoms with Crippen molar-refractivity contribution < 1.29 is 14.3 Å². The summed E-state index contributed by atoms with van der Waals surface area (Å²) >= 11 is 0. The van der Waals surface area contributed by atoms with E-state index in [0.29, 0.717) is 31.7 Å². The van der Waals surface area contributed by atoms with Crippen LogP contribution in [0.4, 0.5) is 5.82 Å². The number of hydrogen-bond donors (Lipinski definition) is 3. The van der Waals surface area contributed by atoms with E-state index >= 15 is 0 Å². The molecule has 8 nitrogen and oxygen atoms in total. The van der Waals surface area contributed by atoms with E-state index in [9.17, 15) is 9.59 Å². The van der Waals surface area contributed by atoms with E-state index in [1.165, 1.54) is 0 Å². The number of nitrogen functional groups attached to an aromatic ring is 1. The van der Waals surface area contributed by atoms with Gasteiger partial charge in [-0.25, -0.2) is 4.98 Å². The molecule has 1 aliphatic heterocycles. The number of carbonyl (C=O) groups excluding carboxylic acids is 2. The number of methoxy groups -OCH3 is 1. The molecule has 2 heterocycles. The zero-order valence-corrected chi connectivity index (χ0v) is 18.7. The second kappa shape index (κ2) is 9.87. The second-order valence-corrected chi connectivity index (χ2v) is 8.32. The molecule has 8 heteroatoms. The molecule has 3 aromatic rings. The van der Waals surface area contributed by atoms with Gasteiger partial charge in [0.05, 0.1) is 13.2 Å². The average Bonchev–Trinajstić information content (AvgIpc) is 3.32. The van der Waals surface area contributed by atoms with Crippen LogP contribution in [0.1, 0.15) is 24.0 Å². The molecule has 4 rings (SSSR count). The highest BCUT2D eigenvalue weighted by Crippen LogP contribution is 2.22. The molecule has 0 spiro atoms. The molecular weight excluding hydrogens is 418 g/mol. The van der Waals surface area contributed by atoms with Crippen LogP contribution in [0.2, 0.25) is 0 Å². The Hall–Kier alpha value is -3.65. The zero-order valence-electron chi connectivity index (χ0n) is 18.7. The minimum Gasteiger partial charge on any atom is -0.497 e. The Morgan fingerprint density at radius 3 is 2.70 bits per heavy atom. The van der Waals surface area contributed by atoms with E-state index < -0.39 is 12.1 Å². The lowest BCUT2D eigenvalue weighted by Gasteiger charge is -2.27. The van der Waals surface area contributed by atoms with E-state index in [1.54, 1.807) is 18.2 Å². The number of pyridine rings is 1. The number of aromatic nitrogens is 1. The van der Waals surface area contributed by atoms with Crippen LogP contribution < -0.4 is 21.5 Å². The summed E-state index contributed by atoms with van der Waals surface area (Å²) in [6.07, 6.45) is 3.48. The number of fused-ring (bicyclic) bond motifs is 1. The summed E-state index contributed by atoms with van der Waals surface area (Å²) in [7, 11) is 1.61. The highest BCUT2D eigenvalue weighted by atomic mass is 16.5. The maximum absolute atomic E-state index is 13.0. The minimum atomic E-state index is -0.702. The Kier molecular flexibility index (Phi) is 6.74. The van der Waals surface area contributed by atoms with Gasteiger partial charge in [0.2, 0.25) is 11.8 Å². The monoisotopic (exact) mass is 447 g/mol. The van der Waals surface area contributed by atoms with Crippen molar-refractivity contribution in [2.75, 3.05) is 19.4 Å². The highest BCUT2D eigenvalue weighted by Gasteiger charge is 2.36. The molecule has 0 radical (unpaired) electrons. The number of nitrogens with two attached hydrogens (primary N) is 2. The van der Waals surface area contributed by atoms with Gasteiger partial charge in [0.25, 0.3) is 0 Å². The molecule has 1 saturated heterocycles. The third-order valence-electron chi connectivity index (χ3n) is 6.10. The number of ether oxygens (including phenoxy) is 1. The number of hydrogen-bond acceptors (Lipinski definition) is 6. The van der Waals surface area contributed by atoms with Gasteiger partial charge in [-0.2, -0.15) is 0 Å². The molecule has 0 aliphatic carbocycles. The van der Waals surface area contributed by atoms with Gasteiger partial charge in [0.15, 0.2) is 0 Å². The summed E-state index contributed by atoms with van der Waals surface area (Å²) < 4.78 is 5.17. The molecule has 172 valence electrons. The summed E-state index contributed by atoms with van der Waals surface area (Å²) in [6, 6.07) is 14.0. The third kappa shape index (κ3) is 5.06. The van der Waals surface area contributed by atoms with E-state index in [4.69, 9.17) is 16.2 Å². The van der Waals surface area contributed by atoms with E-state index in [0.717, 1.165) is 34.1 Å². The van der Waals surface area contributed by atoms with E-state index in [-0.39, 0.29) is 11.8 Å². The van der Waals surface area contributed by atoms with Crippen molar-refractivity contribution in [3.8, 4) is 5.75 Å². The molecule has 1 unspecified atom stereocenters. The van der Waals surface area contributed by atoms with Crippen LogP contribution in [0.5, 0.6) is 5.75 Å². The number of rotatable bonds is 7. The number of amides is 2. The number of likely N-dealkylation sites (tertiary alicyclic amines) is 1. The lowest BCUT2D eigenvalue weighted by molar-refractivity contribution is -0.139. The van der Waals surface area contributed by atoms with Gasteiger partial charge in [-0.15, -0.1) is 0 Å². The summed E-state index contributed by atoms with van der Waals surface area (Å²) in [6.45, 7) is 0.906. The van der Waals surface area contributed by atoms with Crippen LogP contribution in [-0.2, 0) is 22.6 Å². The van der Waals surface area contributed by atoms with Crippen LogP contribution >= 0.6 is 0 Å². The normalized spacial score (nSPS) is 16.5. The van der Waals surface area contributed by atoms with Gasteiger partial charge < -0.3 is 26.4 Å². The van der Waals surface area contributed by atoms with Crippen LogP contribution in [-0.4, -0.2) is 47.4 Å². The second-order valence-electron chi connectivity index (χ2n) is 8.32. The van der Waals surface area contributed by atoms with Gasteiger partial charge in [0, 0.05) is 24.7 Å². The summed E-state index contributed by atoms with van der Waals surface area (Å²) in [4.78, 5) is 31.6. The van der Waals surface area contributed by atoms with Crippen LogP contribution in [0.25, 0.3) is 10.8 Å². The SMILES string of the molecule is COc1ccc(CC(N)C(=O)N2CCC[C@H]2C(=O)NCc2ccc3c(N)nccc3c2)cc1. The predicted octanol–water partition coefficient (Wildman–Crippen LogP) is 2.00. The minimum absolute atomic E-state index is 0.160. The molecule has 2 aromatic carbocycles. The molecule has 1 fully saturated rings. The van der Waals surface area contributed by atoms with Crippen molar-refractivity contribution in [3.05, 3.63) is 65.9 Å². The van der Waals surface area contributed by atoms with Crippen molar-refractivity contribution in [1.29, 1.82) is 0 Å². The van der Waals surface area contributed by atoms with Gasteiger partial charge in [0.1, 0.15) is 17.6 Å². The molecule has 0 bridgehead atoms. The molecule has 2 amide bonds. The molecule has 5 N–H and O–H groups in total. The smallest absolute Gasteiger partial charge is 0.243 e. The average molecular weight is 448 g/mol. The number of nitrogens with zero attached hydrogens (tertiary/aromatic N) is 2. The Morgan fingerprint density at radius 1 is 1.18 bits per heavy atom. The van der Waals surface area contributed by atoms with Gasteiger partial charge in [-0.05, 0) is 60.0 Å². The number of nitrogens with one attached hydrogen (secondary N) is 1. The Morgan fingerprint density at radius 2 is 1.94 bits per heavy atom. The Balaban J connectivity index is 1.36. The Bertz CT molecular complexity index is 1150. The summed E-state index contributed by atoms with van der Waals surface area (Å²) in [5.74, 6) is 0.875. The maximum atomic E-state index is 13.0. The fourth-order valence-corrected chi connectivity index (χ4v) is 4.29. The van der Waals surface area contributed by atoms with Crippen molar-refractivity contribution in [2.24, 2.45) is 5.73 Å². The number of anilines is 1. The van der Waals surface area contributed by atoms with Crippen LogP contribution in [0.15, 0.2) is 54.7 Å². The quantitative estimate of drug-likeness (QED) is 0.509. The van der Waals surface area contributed by atoms with Crippen molar-refractivity contribution in [2.45, 2.75) is 37.9 Å². The van der Waals surface area contributed by atoms with Gasteiger partial charge in [-0.3, -0.25) is 9.59 Å². The highest BCUT2D eigenvalue weighted by molar-refractivity contribution is 5.92. The first-order chi connectivity index (χ1) is 16.0. The number of carbonyl (C=O) groups is 2. The van der Waals surface area contributed by atoms with Crippen LogP contribution in [0.3, 0.4) is 0 Å². The fraction of sp³-hybridized carbons (Fsp3) is 0.320. The van der Waals surface area contributed by atoms with Crippen LogP contribution in [0, 0.1) is 0 Å². The standard InChI is InChI=1S/C25H29N5O3/c1-33-19-7-4-16(5-8-19)14-21(26)25(32)30-12-2-3-22(30)24(31)29-15-17-6-9-20-18(13-17)10-11-28-23(20)27/h4-11,13,21-22H,2-3,12,14-15,26H2,1H3,(H2,27,28)(H,29,31)/t21?,22-/m0/s1. The first-order valence-electron chi connectivity index (χ1n) is 11.1. The van der Waals surface area contributed by atoms with Gasteiger partial charge in [-0.1, -0.05) is 24.3 Å². The molecule has 1 aromatic heterocycles. The molecule has 2 atom stereocenters.